The van der Waals surface area contributed by atoms with Crippen molar-refractivity contribution in [1.82, 2.24) is 5.32 Å². The molecule has 7 nitrogen and oxygen atoms in total. The molecule has 0 atom stereocenters. The maximum atomic E-state index is 12.8. The number of amides is 1. The largest absolute Gasteiger partial charge is 0.497 e. The summed E-state index contributed by atoms with van der Waals surface area (Å²) in [4.78, 5) is 12.1. The van der Waals surface area contributed by atoms with Gasteiger partial charge in [0.25, 0.3) is 15.9 Å². The van der Waals surface area contributed by atoms with E-state index in [1.54, 1.807) is 30.3 Å². The van der Waals surface area contributed by atoms with E-state index in [0.717, 1.165) is 0 Å². The summed E-state index contributed by atoms with van der Waals surface area (Å²) in [6.45, 7) is 0. The van der Waals surface area contributed by atoms with Crippen LogP contribution in [-0.2, 0) is 10.0 Å². The van der Waals surface area contributed by atoms with Gasteiger partial charge in [-0.3, -0.25) is 9.52 Å². The van der Waals surface area contributed by atoms with Crippen LogP contribution in [0.25, 0.3) is 0 Å². The highest BCUT2D eigenvalue weighted by atomic mass is 35.5. The Morgan fingerprint density at radius 3 is 2.27 bits per heavy atom. The Morgan fingerprint density at radius 2 is 1.63 bits per heavy atom. The van der Waals surface area contributed by atoms with Crippen LogP contribution in [0.4, 0.5) is 5.69 Å². The topological polar surface area (TPSA) is 93.7 Å². The Hall–Kier alpha value is -3.23. The summed E-state index contributed by atoms with van der Waals surface area (Å²) in [5.41, 5.74) is 0.269. The highest BCUT2D eigenvalue weighted by Crippen LogP contribution is 2.30. The van der Waals surface area contributed by atoms with Gasteiger partial charge in [-0.1, -0.05) is 23.7 Å². The van der Waals surface area contributed by atoms with Crippen LogP contribution in [0.2, 0.25) is 5.02 Å². The summed E-state index contributed by atoms with van der Waals surface area (Å²) in [6, 6.07) is 17.3. The monoisotopic (exact) mass is 446 g/mol. The predicted octanol–water partition coefficient (Wildman–Crippen LogP) is 4.30. The fraction of sp³-hybridized carbons (Fsp3) is 0.0952. The first-order valence-corrected chi connectivity index (χ1v) is 10.7. The summed E-state index contributed by atoms with van der Waals surface area (Å²) in [5.74, 6) is 0.867. The van der Waals surface area contributed by atoms with Crippen molar-refractivity contribution in [3.63, 3.8) is 0 Å². The van der Waals surface area contributed by atoms with Gasteiger partial charge in [0, 0.05) is 7.05 Å². The molecule has 0 spiro atoms. The predicted molar refractivity (Wildman–Crippen MR) is 115 cm³/mol. The smallest absolute Gasteiger partial charge is 0.261 e. The number of carbonyl (C=O) groups excluding carboxylic acids is 1. The minimum Gasteiger partial charge on any atom is -0.497 e. The lowest BCUT2D eigenvalue weighted by molar-refractivity contribution is 0.0963. The molecule has 3 aromatic rings. The van der Waals surface area contributed by atoms with E-state index < -0.39 is 15.9 Å². The second-order valence-electron chi connectivity index (χ2n) is 6.10. The lowest BCUT2D eigenvalue weighted by Gasteiger charge is -2.14. The van der Waals surface area contributed by atoms with Crippen LogP contribution in [-0.4, -0.2) is 28.5 Å². The maximum absolute atomic E-state index is 12.8. The maximum Gasteiger partial charge on any atom is 0.261 e. The van der Waals surface area contributed by atoms with E-state index >= 15 is 0 Å². The molecule has 0 unspecified atom stereocenters. The molecular formula is C21H19ClN2O5S. The number of methoxy groups -OCH3 is 1. The van der Waals surface area contributed by atoms with Gasteiger partial charge in [0.05, 0.1) is 28.3 Å². The minimum absolute atomic E-state index is 0.00711. The van der Waals surface area contributed by atoms with Gasteiger partial charge in [-0.25, -0.2) is 8.42 Å². The van der Waals surface area contributed by atoms with Crippen LogP contribution in [0.15, 0.2) is 71.6 Å². The molecule has 3 rings (SSSR count). The van der Waals surface area contributed by atoms with Gasteiger partial charge in [0.15, 0.2) is 0 Å². The van der Waals surface area contributed by atoms with Crippen molar-refractivity contribution in [2.75, 3.05) is 18.9 Å². The summed E-state index contributed by atoms with van der Waals surface area (Å²) in [7, 11) is -1.03. The van der Waals surface area contributed by atoms with Crippen molar-refractivity contribution >= 4 is 33.2 Å². The molecule has 3 aromatic carbocycles. The number of hydrogen-bond donors (Lipinski definition) is 2. The van der Waals surface area contributed by atoms with Crippen molar-refractivity contribution in [1.29, 1.82) is 0 Å². The fourth-order valence-corrected chi connectivity index (χ4v) is 3.86. The second kappa shape index (κ2) is 9.06. The lowest BCUT2D eigenvalue weighted by Crippen LogP contribution is -2.21. The number of benzene rings is 3. The van der Waals surface area contributed by atoms with Crippen molar-refractivity contribution < 1.29 is 22.7 Å². The Bertz CT molecular complexity index is 1160. The number of rotatable bonds is 7. The van der Waals surface area contributed by atoms with Gasteiger partial charge in [-0.15, -0.1) is 0 Å². The zero-order valence-electron chi connectivity index (χ0n) is 16.2. The number of hydrogen-bond acceptors (Lipinski definition) is 5. The van der Waals surface area contributed by atoms with Crippen LogP contribution in [0.5, 0.6) is 17.2 Å². The highest BCUT2D eigenvalue weighted by Gasteiger charge is 2.19. The van der Waals surface area contributed by atoms with Gasteiger partial charge in [0.1, 0.15) is 17.2 Å². The third kappa shape index (κ3) is 4.84. The molecule has 0 bridgehead atoms. The Labute approximate surface area is 179 Å². The Kier molecular flexibility index (Phi) is 6.49. The van der Waals surface area contributed by atoms with Crippen LogP contribution in [0.1, 0.15) is 10.4 Å². The number of ether oxygens (including phenoxy) is 2. The molecule has 0 aliphatic carbocycles. The standard InChI is InChI=1S/C21H19ClN2O5S/c1-23-21(25)17-13-15(28-2)9-12-19(17)24-30(26,27)16-10-7-14(8-11-16)29-20-6-4-3-5-18(20)22/h3-13,24H,1-2H3,(H,23,25). The highest BCUT2D eigenvalue weighted by molar-refractivity contribution is 7.92. The number of sulfonamides is 1. The van der Waals surface area contributed by atoms with E-state index in [4.69, 9.17) is 21.1 Å². The van der Waals surface area contributed by atoms with E-state index in [2.05, 4.69) is 10.0 Å². The zero-order chi connectivity index (χ0) is 21.7. The molecule has 1 amide bonds. The average Bonchev–Trinajstić information content (AvgIpc) is 2.75. The fourth-order valence-electron chi connectivity index (χ4n) is 2.61. The molecule has 0 aliphatic rings. The first kappa shape index (κ1) is 21.5. The molecule has 9 heteroatoms. The molecule has 0 saturated heterocycles. The van der Waals surface area contributed by atoms with Crippen LogP contribution in [0.3, 0.4) is 0 Å². The molecule has 0 aromatic heterocycles. The number of anilines is 1. The first-order chi connectivity index (χ1) is 14.3. The summed E-state index contributed by atoms with van der Waals surface area (Å²) in [6.07, 6.45) is 0. The molecule has 156 valence electrons. The number of halogens is 1. The molecule has 0 saturated carbocycles. The minimum atomic E-state index is -3.95. The lowest BCUT2D eigenvalue weighted by atomic mass is 10.1. The van der Waals surface area contributed by atoms with E-state index in [-0.39, 0.29) is 16.1 Å². The SMILES string of the molecule is CNC(=O)c1cc(OC)ccc1NS(=O)(=O)c1ccc(Oc2ccccc2Cl)cc1. The Morgan fingerprint density at radius 1 is 0.967 bits per heavy atom. The third-order valence-corrected chi connectivity index (χ3v) is 5.83. The molecule has 30 heavy (non-hydrogen) atoms. The van der Waals surface area contributed by atoms with Crippen molar-refractivity contribution in [3.8, 4) is 17.2 Å². The summed E-state index contributed by atoms with van der Waals surface area (Å²) in [5, 5.41) is 2.92. The average molecular weight is 447 g/mol. The molecule has 0 fully saturated rings. The third-order valence-electron chi connectivity index (χ3n) is 4.14. The van der Waals surface area contributed by atoms with Gasteiger partial charge in [-0.05, 0) is 54.6 Å². The molecule has 0 aliphatic heterocycles. The van der Waals surface area contributed by atoms with Gasteiger partial charge in [0.2, 0.25) is 0 Å². The number of para-hydroxylation sites is 1. The molecular weight excluding hydrogens is 428 g/mol. The Balaban J connectivity index is 1.84. The van der Waals surface area contributed by atoms with Crippen LogP contribution in [0, 0.1) is 0 Å². The van der Waals surface area contributed by atoms with E-state index in [1.807, 2.05) is 0 Å². The number of carbonyl (C=O) groups is 1. The summed E-state index contributed by atoms with van der Waals surface area (Å²) >= 11 is 6.07. The van der Waals surface area contributed by atoms with E-state index in [9.17, 15) is 13.2 Å². The number of nitrogens with one attached hydrogen (secondary N) is 2. The van der Waals surface area contributed by atoms with Gasteiger partial charge >= 0.3 is 0 Å². The van der Waals surface area contributed by atoms with E-state index in [0.29, 0.717) is 22.3 Å². The van der Waals surface area contributed by atoms with E-state index in [1.165, 1.54) is 50.6 Å². The quantitative estimate of drug-likeness (QED) is 0.564. The van der Waals surface area contributed by atoms with Crippen molar-refractivity contribution in [3.05, 3.63) is 77.3 Å². The molecule has 2 N–H and O–H groups in total. The normalized spacial score (nSPS) is 10.9. The molecule has 0 heterocycles. The van der Waals surface area contributed by atoms with Crippen LogP contribution < -0.4 is 19.5 Å². The van der Waals surface area contributed by atoms with Gasteiger partial charge < -0.3 is 14.8 Å². The van der Waals surface area contributed by atoms with Crippen molar-refractivity contribution in [2.24, 2.45) is 0 Å². The first-order valence-electron chi connectivity index (χ1n) is 8.79. The second-order valence-corrected chi connectivity index (χ2v) is 8.19. The molecule has 0 radical (unpaired) electrons. The van der Waals surface area contributed by atoms with Gasteiger partial charge in [-0.2, -0.15) is 0 Å². The van der Waals surface area contributed by atoms with Crippen molar-refractivity contribution in [2.45, 2.75) is 4.90 Å². The van der Waals surface area contributed by atoms with Crippen LogP contribution >= 0.6 is 11.6 Å². The zero-order valence-corrected chi connectivity index (χ0v) is 17.8. The summed E-state index contributed by atoms with van der Waals surface area (Å²) < 4.78 is 38.8.